The van der Waals surface area contributed by atoms with E-state index in [0.717, 1.165) is 37.4 Å². The van der Waals surface area contributed by atoms with Crippen molar-refractivity contribution in [2.24, 2.45) is 0 Å². The van der Waals surface area contributed by atoms with Crippen molar-refractivity contribution in [3.63, 3.8) is 0 Å². The second kappa shape index (κ2) is 10.9. The Morgan fingerprint density at radius 2 is 1.77 bits per heavy atom. The summed E-state index contributed by atoms with van der Waals surface area (Å²) in [4.78, 5) is 4.65. The van der Waals surface area contributed by atoms with Crippen LogP contribution >= 0.6 is 12.4 Å². The van der Waals surface area contributed by atoms with Gasteiger partial charge in [-0.3, -0.25) is 4.72 Å². The van der Waals surface area contributed by atoms with E-state index in [2.05, 4.69) is 21.6 Å². The van der Waals surface area contributed by atoms with E-state index in [4.69, 9.17) is 9.47 Å². The molecule has 3 rings (SSSR count). The lowest BCUT2D eigenvalue weighted by atomic mass is 10.2. The molecule has 1 heterocycles. The van der Waals surface area contributed by atoms with E-state index in [1.54, 1.807) is 37.4 Å². The molecule has 0 unspecified atom stereocenters. The fourth-order valence-corrected chi connectivity index (χ4v) is 4.46. The van der Waals surface area contributed by atoms with Crippen molar-refractivity contribution in [2.75, 3.05) is 56.6 Å². The molecule has 0 aliphatic carbocycles. The van der Waals surface area contributed by atoms with E-state index in [1.165, 1.54) is 0 Å². The molecular weight excluding hydrogens is 426 g/mol. The quantitative estimate of drug-likeness (QED) is 0.659. The number of methoxy groups -OCH3 is 1. The Kier molecular flexibility index (Phi) is 8.78. The Balaban J connectivity index is 0.00000320. The minimum atomic E-state index is -3.76. The highest BCUT2D eigenvalue weighted by molar-refractivity contribution is 7.92. The molecule has 9 heteroatoms. The molecule has 166 valence electrons. The van der Waals surface area contributed by atoms with Crippen LogP contribution in [-0.2, 0) is 21.4 Å². The van der Waals surface area contributed by atoms with Gasteiger partial charge in [-0.2, -0.15) is 0 Å². The van der Waals surface area contributed by atoms with Crippen LogP contribution in [0.4, 0.5) is 11.4 Å². The van der Waals surface area contributed by atoms with Crippen molar-refractivity contribution in [3.05, 3.63) is 48.0 Å². The Bertz CT molecular complexity index is 932. The van der Waals surface area contributed by atoms with Crippen LogP contribution in [0.3, 0.4) is 0 Å². The first-order valence-corrected chi connectivity index (χ1v) is 11.2. The molecular formula is C21H30ClN3O4S. The summed E-state index contributed by atoms with van der Waals surface area (Å²) in [6, 6.07) is 12.3. The number of ether oxygens (including phenoxy) is 2. The Morgan fingerprint density at radius 1 is 1.07 bits per heavy atom. The monoisotopic (exact) mass is 455 g/mol. The highest BCUT2D eigenvalue weighted by Gasteiger charge is 2.22. The molecule has 0 saturated carbocycles. The van der Waals surface area contributed by atoms with Gasteiger partial charge < -0.3 is 19.3 Å². The molecule has 1 aliphatic rings. The van der Waals surface area contributed by atoms with Crippen molar-refractivity contribution in [1.29, 1.82) is 0 Å². The number of anilines is 2. The lowest BCUT2D eigenvalue weighted by molar-refractivity contribution is 0.185. The number of para-hydroxylation sites is 1. The normalized spacial score (nSPS) is 14.8. The summed E-state index contributed by atoms with van der Waals surface area (Å²) in [6.45, 7) is 6.27. The van der Waals surface area contributed by atoms with E-state index in [1.807, 2.05) is 19.1 Å². The fourth-order valence-electron chi connectivity index (χ4n) is 3.34. The molecule has 0 atom stereocenters. The maximum atomic E-state index is 13.1. The number of piperazine rings is 1. The highest BCUT2D eigenvalue weighted by Crippen LogP contribution is 2.33. The number of hydrogen-bond donors (Lipinski definition) is 1. The summed E-state index contributed by atoms with van der Waals surface area (Å²) < 4.78 is 39.8. The average molecular weight is 456 g/mol. The van der Waals surface area contributed by atoms with E-state index in [-0.39, 0.29) is 17.3 Å². The number of rotatable bonds is 8. The summed E-state index contributed by atoms with van der Waals surface area (Å²) in [7, 11) is -0.0862. The zero-order chi connectivity index (χ0) is 20.9. The van der Waals surface area contributed by atoms with E-state index in [9.17, 15) is 8.42 Å². The average Bonchev–Trinajstić information content (AvgIpc) is 2.70. The minimum Gasteiger partial charge on any atom is -0.492 e. The molecule has 2 aromatic rings. The standard InChI is InChI=1S/C21H29N3O4S.ClH/c1-4-28-21-10-9-18(15-20(21)24-13-11-23(2)12-14-24)29(25,26)22-19-8-6-5-7-17(19)16-27-3;/h5-10,15,22H,4,11-14,16H2,1-3H3;1H. The highest BCUT2D eigenvalue weighted by atomic mass is 35.5. The third-order valence-corrected chi connectivity index (χ3v) is 6.31. The molecule has 1 saturated heterocycles. The molecule has 2 aromatic carbocycles. The Hall–Kier alpha value is -2.00. The Morgan fingerprint density at radius 3 is 2.43 bits per heavy atom. The van der Waals surface area contributed by atoms with Gasteiger partial charge in [0.15, 0.2) is 0 Å². The minimum absolute atomic E-state index is 0. The van der Waals surface area contributed by atoms with Gasteiger partial charge >= 0.3 is 0 Å². The summed E-state index contributed by atoms with van der Waals surface area (Å²) in [5.41, 5.74) is 2.11. The summed E-state index contributed by atoms with van der Waals surface area (Å²) >= 11 is 0. The lowest BCUT2D eigenvalue weighted by Crippen LogP contribution is -2.44. The third kappa shape index (κ3) is 5.78. The summed E-state index contributed by atoms with van der Waals surface area (Å²) in [5.74, 6) is 0.704. The first kappa shape index (κ1) is 24.3. The first-order valence-electron chi connectivity index (χ1n) is 9.74. The smallest absolute Gasteiger partial charge is 0.261 e. The van der Waals surface area contributed by atoms with Crippen molar-refractivity contribution in [1.82, 2.24) is 4.90 Å². The van der Waals surface area contributed by atoms with Gasteiger partial charge in [-0.05, 0) is 38.2 Å². The largest absolute Gasteiger partial charge is 0.492 e. The van der Waals surface area contributed by atoms with Gasteiger partial charge in [0, 0.05) is 38.9 Å². The van der Waals surface area contributed by atoms with Gasteiger partial charge in [0.1, 0.15) is 5.75 Å². The zero-order valence-corrected chi connectivity index (χ0v) is 19.3. The van der Waals surface area contributed by atoms with Crippen molar-refractivity contribution in [2.45, 2.75) is 18.4 Å². The van der Waals surface area contributed by atoms with Gasteiger partial charge in [0.05, 0.1) is 29.5 Å². The third-order valence-electron chi connectivity index (χ3n) is 4.95. The maximum absolute atomic E-state index is 13.1. The van der Waals surface area contributed by atoms with Crippen LogP contribution in [-0.4, -0.2) is 60.3 Å². The lowest BCUT2D eigenvalue weighted by Gasteiger charge is -2.35. The van der Waals surface area contributed by atoms with Crippen LogP contribution in [0, 0.1) is 0 Å². The maximum Gasteiger partial charge on any atom is 0.261 e. The molecule has 1 fully saturated rings. The SMILES string of the molecule is CCOc1ccc(S(=O)(=O)Nc2ccccc2COC)cc1N1CCN(C)CC1.Cl. The van der Waals surface area contributed by atoms with Crippen LogP contribution in [0.5, 0.6) is 5.75 Å². The molecule has 1 N–H and O–H groups in total. The molecule has 0 radical (unpaired) electrons. The first-order chi connectivity index (χ1) is 13.9. The number of benzene rings is 2. The number of nitrogens with zero attached hydrogens (tertiary/aromatic N) is 2. The number of likely N-dealkylation sites (N-methyl/N-ethyl adjacent to an activating group) is 1. The van der Waals surface area contributed by atoms with E-state index in [0.29, 0.717) is 24.7 Å². The van der Waals surface area contributed by atoms with Crippen molar-refractivity contribution < 1.29 is 17.9 Å². The molecule has 0 spiro atoms. The van der Waals surface area contributed by atoms with Gasteiger partial charge in [-0.15, -0.1) is 12.4 Å². The van der Waals surface area contributed by atoms with E-state index >= 15 is 0 Å². The van der Waals surface area contributed by atoms with Crippen LogP contribution in [0.2, 0.25) is 0 Å². The number of nitrogens with one attached hydrogen (secondary N) is 1. The van der Waals surface area contributed by atoms with Crippen LogP contribution in [0.25, 0.3) is 0 Å². The molecule has 0 amide bonds. The summed E-state index contributed by atoms with van der Waals surface area (Å²) in [5, 5.41) is 0. The molecule has 30 heavy (non-hydrogen) atoms. The second-order valence-corrected chi connectivity index (χ2v) is 8.73. The van der Waals surface area contributed by atoms with Crippen LogP contribution < -0.4 is 14.4 Å². The number of sulfonamides is 1. The van der Waals surface area contributed by atoms with Crippen molar-refractivity contribution in [3.8, 4) is 5.75 Å². The van der Waals surface area contributed by atoms with Gasteiger partial charge in [0.25, 0.3) is 10.0 Å². The molecule has 7 nitrogen and oxygen atoms in total. The molecule has 0 aromatic heterocycles. The van der Waals surface area contributed by atoms with E-state index < -0.39 is 10.0 Å². The van der Waals surface area contributed by atoms with Crippen molar-refractivity contribution >= 4 is 33.8 Å². The topological polar surface area (TPSA) is 71.1 Å². The molecule has 0 bridgehead atoms. The fraction of sp³-hybridized carbons (Fsp3) is 0.429. The number of halogens is 1. The van der Waals surface area contributed by atoms with Gasteiger partial charge in [-0.1, -0.05) is 18.2 Å². The van der Waals surface area contributed by atoms with Crippen LogP contribution in [0.15, 0.2) is 47.4 Å². The summed E-state index contributed by atoms with van der Waals surface area (Å²) in [6.07, 6.45) is 0. The van der Waals surface area contributed by atoms with Gasteiger partial charge in [0.2, 0.25) is 0 Å². The predicted octanol–water partition coefficient (Wildman–Crippen LogP) is 3.21. The predicted molar refractivity (Wildman–Crippen MR) is 123 cm³/mol. The Labute approximate surface area is 185 Å². The number of hydrogen-bond acceptors (Lipinski definition) is 6. The zero-order valence-electron chi connectivity index (χ0n) is 17.6. The van der Waals surface area contributed by atoms with Gasteiger partial charge in [-0.25, -0.2) is 8.42 Å². The second-order valence-electron chi connectivity index (χ2n) is 7.05. The van der Waals surface area contributed by atoms with Crippen LogP contribution in [0.1, 0.15) is 12.5 Å². The molecule has 1 aliphatic heterocycles.